The first-order valence-electron chi connectivity index (χ1n) is 5.58. The van der Waals surface area contributed by atoms with Crippen molar-refractivity contribution in [2.24, 2.45) is 11.7 Å². The molecule has 5 heteroatoms. The number of ether oxygens (including phenoxy) is 1. The number of hydrogen-bond donors (Lipinski definition) is 1. The highest BCUT2D eigenvalue weighted by molar-refractivity contribution is 6.33. The van der Waals surface area contributed by atoms with Crippen LogP contribution in [0.15, 0.2) is 12.1 Å². The third kappa shape index (κ3) is 2.74. The highest BCUT2D eigenvalue weighted by atomic mass is 35.5. The quantitative estimate of drug-likeness (QED) is 0.839. The van der Waals surface area contributed by atoms with Crippen LogP contribution in [0.1, 0.15) is 24.4 Å². The molecular weight excluding hydrogens is 264 g/mol. The van der Waals surface area contributed by atoms with Crippen molar-refractivity contribution >= 4 is 23.2 Å². The first-order chi connectivity index (χ1) is 8.11. The maximum absolute atomic E-state index is 13.9. The van der Waals surface area contributed by atoms with E-state index < -0.39 is 11.9 Å². The van der Waals surface area contributed by atoms with Gasteiger partial charge in [-0.3, -0.25) is 0 Å². The molecular formula is C12H14Cl2FNO. The van der Waals surface area contributed by atoms with Crippen LogP contribution in [0, 0.1) is 11.7 Å². The molecule has 0 spiro atoms. The van der Waals surface area contributed by atoms with Crippen LogP contribution < -0.4 is 5.73 Å². The van der Waals surface area contributed by atoms with Gasteiger partial charge in [-0.2, -0.15) is 0 Å². The Balaban J connectivity index is 2.29. The van der Waals surface area contributed by atoms with E-state index in [9.17, 15) is 4.39 Å². The van der Waals surface area contributed by atoms with Crippen molar-refractivity contribution in [2.75, 3.05) is 13.2 Å². The Labute approximate surface area is 110 Å². The van der Waals surface area contributed by atoms with Gasteiger partial charge in [0.1, 0.15) is 5.82 Å². The molecule has 1 aromatic rings. The normalized spacial score (nSPS) is 19.3. The molecule has 1 aromatic carbocycles. The predicted molar refractivity (Wildman–Crippen MR) is 66.9 cm³/mol. The molecule has 1 atom stereocenters. The van der Waals surface area contributed by atoms with Crippen molar-refractivity contribution < 1.29 is 9.13 Å². The summed E-state index contributed by atoms with van der Waals surface area (Å²) in [5.41, 5.74) is 6.43. The van der Waals surface area contributed by atoms with Crippen LogP contribution >= 0.6 is 23.2 Å². The molecule has 0 radical (unpaired) electrons. The summed E-state index contributed by atoms with van der Waals surface area (Å²) in [6.45, 7) is 1.33. The average Bonchev–Trinajstić information content (AvgIpc) is 2.35. The van der Waals surface area contributed by atoms with Crippen LogP contribution in [0.25, 0.3) is 0 Å². The van der Waals surface area contributed by atoms with Gasteiger partial charge >= 0.3 is 0 Å². The SMILES string of the molecule is N[C@H](c1c(Cl)ccc(Cl)c1F)C1CCOCC1. The Bertz CT molecular complexity index is 408. The molecule has 0 aliphatic carbocycles. The monoisotopic (exact) mass is 277 g/mol. The molecule has 0 unspecified atom stereocenters. The Kier molecular flexibility index (Phi) is 4.26. The van der Waals surface area contributed by atoms with Gasteiger partial charge in [-0.25, -0.2) is 4.39 Å². The molecule has 2 rings (SSSR count). The van der Waals surface area contributed by atoms with Crippen LogP contribution in [-0.4, -0.2) is 13.2 Å². The first kappa shape index (κ1) is 13.1. The highest BCUT2D eigenvalue weighted by Crippen LogP contribution is 2.35. The highest BCUT2D eigenvalue weighted by Gasteiger charge is 2.27. The summed E-state index contributed by atoms with van der Waals surface area (Å²) in [7, 11) is 0. The topological polar surface area (TPSA) is 35.2 Å². The first-order valence-corrected chi connectivity index (χ1v) is 6.33. The molecule has 1 heterocycles. The standard InChI is InChI=1S/C12H14Cl2FNO/c13-8-1-2-9(14)11(15)10(8)12(16)7-3-5-17-6-4-7/h1-2,7,12H,3-6,16H2/t12-/m0/s1. The van der Waals surface area contributed by atoms with Gasteiger partial charge in [0.05, 0.1) is 5.02 Å². The van der Waals surface area contributed by atoms with Crippen LogP contribution in [0.4, 0.5) is 4.39 Å². The third-order valence-electron chi connectivity index (χ3n) is 3.19. The van der Waals surface area contributed by atoms with Gasteiger partial charge in [0, 0.05) is 29.8 Å². The second-order valence-corrected chi connectivity index (χ2v) is 5.05. The van der Waals surface area contributed by atoms with E-state index in [0.717, 1.165) is 12.8 Å². The zero-order chi connectivity index (χ0) is 12.4. The number of hydrogen-bond acceptors (Lipinski definition) is 2. The van der Waals surface area contributed by atoms with Crippen LogP contribution in [0.3, 0.4) is 0 Å². The molecule has 2 nitrogen and oxygen atoms in total. The summed E-state index contributed by atoms with van der Waals surface area (Å²) in [6, 6.07) is 2.60. The largest absolute Gasteiger partial charge is 0.381 e. The molecule has 1 aliphatic heterocycles. The molecule has 0 saturated carbocycles. The fourth-order valence-corrected chi connectivity index (χ4v) is 2.60. The minimum absolute atomic E-state index is 0.0620. The van der Waals surface area contributed by atoms with Crippen molar-refractivity contribution in [3.05, 3.63) is 33.6 Å². The molecule has 17 heavy (non-hydrogen) atoms. The van der Waals surface area contributed by atoms with Crippen molar-refractivity contribution in [3.8, 4) is 0 Å². The molecule has 1 saturated heterocycles. The van der Waals surface area contributed by atoms with Crippen LogP contribution in [-0.2, 0) is 4.74 Å². The van der Waals surface area contributed by atoms with E-state index in [2.05, 4.69) is 0 Å². The van der Waals surface area contributed by atoms with Gasteiger partial charge in [0.2, 0.25) is 0 Å². The number of benzene rings is 1. The van der Waals surface area contributed by atoms with Crippen molar-refractivity contribution in [3.63, 3.8) is 0 Å². The Morgan fingerprint density at radius 3 is 2.47 bits per heavy atom. The van der Waals surface area contributed by atoms with Gasteiger partial charge in [-0.15, -0.1) is 0 Å². The number of nitrogens with two attached hydrogens (primary N) is 1. The fraction of sp³-hybridized carbons (Fsp3) is 0.500. The molecule has 1 aliphatic rings. The van der Waals surface area contributed by atoms with E-state index >= 15 is 0 Å². The van der Waals surface area contributed by atoms with E-state index in [1.54, 1.807) is 6.07 Å². The van der Waals surface area contributed by atoms with Crippen molar-refractivity contribution in [2.45, 2.75) is 18.9 Å². The lowest BCUT2D eigenvalue weighted by Crippen LogP contribution is -2.28. The number of halogens is 3. The van der Waals surface area contributed by atoms with E-state index in [0.29, 0.717) is 23.8 Å². The summed E-state index contributed by atoms with van der Waals surface area (Å²) >= 11 is 11.8. The lowest BCUT2D eigenvalue weighted by Gasteiger charge is -2.28. The maximum atomic E-state index is 13.9. The Hall–Kier alpha value is -0.350. The average molecular weight is 278 g/mol. The summed E-state index contributed by atoms with van der Waals surface area (Å²) in [5.74, 6) is -0.313. The molecule has 2 N–H and O–H groups in total. The summed E-state index contributed by atoms with van der Waals surface area (Å²) in [6.07, 6.45) is 1.65. The molecule has 94 valence electrons. The Morgan fingerprint density at radius 1 is 1.24 bits per heavy atom. The molecule has 0 amide bonds. The van der Waals surface area contributed by atoms with Crippen molar-refractivity contribution in [1.29, 1.82) is 0 Å². The van der Waals surface area contributed by atoms with E-state index in [1.165, 1.54) is 6.07 Å². The zero-order valence-corrected chi connectivity index (χ0v) is 10.8. The van der Waals surface area contributed by atoms with E-state index in [-0.39, 0.29) is 10.9 Å². The molecule has 0 bridgehead atoms. The fourth-order valence-electron chi connectivity index (χ4n) is 2.16. The minimum atomic E-state index is -0.502. The maximum Gasteiger partial charge on any atom is 0.148 e. The van der Waals surface area contributed by atoms with E-state index in [4.69, 9.17) is 33.7 Å². The lowest BCUT2D eigenvalue weighted by atomic mass is 9.87. The second kappa shape index (κ2) is 5.53. The van der Waals surface area contributed by atoms with Gasteiger partial charge in [-0.05, 0) is 30.9 Å². The predicted octanol–water partition coefficient (Wildman–Crippen LogP) is 3.56. The van der Waals surface area contributed by atoms with Crippen molar-refractivity contribution in [1.82, 2.24) is 0 Å². The lowest BCUT2D eigenvalue weighted by molar-refractivity contribution is 0.0580. The summed E-state index contributed by atoms with van der Waals surface area (Å²) in [5, 5.41) is 0.401. The summed E-state index contributed by atoms with van der Waals surface area (Å²) < 4.78 is 19.2. The van der Waals surface area contributed by atoms with Gasteiger partial charge in [0.25, 0.3) is 0 Å². The van der Waals surface area contributed by atoms with Gasteiger partial charge in [0.15, 0.2) is 0 Å². The zero-order valence-electron chi connectivity index (χ0n) is 9.26. The summed E-state index contributed by atoms with van der Waals surface area (Å²) in [4.78, 5) is 0. The smallest absolute Gasteiger partial charge is 0.148 e. The third-order valence-corrected chi connectivity index (χ3v) is 3.81. The van der Waals surface area contributed by atoms with Gasteiger partial charge in [-0.1, -0.05) is 23.2 Å². The minimum Gasteiger partial charge on any atom is -0.381 e. The Morgan fingerprint density at radius 2 is 1.82 bits per heavy atom. The van der Waals surface area contributed by atoms with E-state index in [1.807, 2.05) is 0 Å². The number of rotatable bonds is 2. The van der Waals surface area contributed by atoms with Crippen LogP contribution in [0.5, 0.6) is 0 Å². The molecule has 1 fully saturated rings. The van der Waals surface area contributed by atoms with Crippen LogP contribution in [0.2, 0.25) is 10.0 Å². The van der Waals surface area contributed by atoms with Gasteiger partial charge < -0.3 is 10.5 Å². The molecule has 0 aromatic heterocycles. The second-order valence-electron chi connectivity index (χ2n) is 4.23.